The topological polar surface area (TPSA) is 148 Å². The molecule has 4 aromatic rings. The third-order valence-electron chi connectivity index (χ3n) is 4.55. The van der Waals surface area contributed by atoms with Crippen LogP contribution in [0.2, 0.25) is 0 Å². The standard InChI is InChI=1S/C22H13N5O5/c23-13-15(22-24-17-6-2-3-7-18(17)25-22)11-14-5-1-4-8-20(14)32-21-10-9-16(26(28)29)12-19(21)27(30)31/h1-12H,(H,24,25)/b15-11+. The second-order valence-corrected chi connectivity index (χ2v) is 6.58. The molecule has 1 aromatic heterocycles. The van der Waals surface area contributed by atoms with Crippen molar-refractivity contribution in [1.82, 2.24) is 9.97 Å². The molecule has 1 heterocycles. The minimum absolute atomic E-state index is 0.163. The fraction of sp³-hybridized carbons (Fsp3) is 0. The van der Waals surface area contributed by atoms with E-state index in [0.29, 0.717) is 16.9 Å². The van der Waals surface area contributed by atoms with Gasteiger partial charge in [0.2, 0.25) is 5.75 Å². The van der Waals surface area contributed by atoms with Gasteiger partial charge in [-0.05, 0) is 30.3 Å². The number of nitriles is 1. The lowest BCUT2D eigenvalue weighted by Crippen LogP contribution is -1.97. The van der Waals surface area contributed by atoms with Crippen LogP contribution in [0, 0.1) is 31.6 Å². The largest absolute Gasteiger partial charge is 0.449 e. The summed E-state index contributed by atoms with van der Waals surface area (Å²) in [5.41, 5.74) is 1.21. The van der Waals surface area contributed by atoms with Crippen molar-refractivity contribution in [2.75, 3.05) is 0 Å². The molecule has 0 aliphatic rings. The van der Waals surface area contributed by atoms with Crippen LogP contribution in [0.4, 0.5) is 11.4 Å². The molecule has 0 radical (unpaired) electrons. The van der Waals surface area contributed by atoms with Crippen LogP contribution in [0.5, 0.6) is 11.5 Å². The SMILES string of the molecule is N#C/C(=C\c1ccccc1Oc1ccc([N+](=O)[O-])cc1[N+](=O)[O-])c1nc2ccccc2[nH]1. The molecule has 0 unspecified atom stereocenters. The van der Waals surface area contributed by atoms with Gasteiger partial charge in [0.25, 0.3) is 5.69 Å². The van der Waals surface area contributed by atoms with Crippen LogP contribution in [0.1, 0.15) is 11.4 Å². The van der Waals surface area contributed by atoms with Crippen molar-refractivity contribution in [3.63, 3.8) is 0 Å². The highest BCUT2D eigenvalue weighted by Crippen LogP contribution is 2.36. The molecule has 0 spiro atoms. The highest BCUT2D eigenvalue weighted by Gasteiger charge is 2.22. The number of nitro benzene ring substituents is 2. The van der Waals surface area contributed by atoms with E-state index in [2.05, 4.69) is 16.0 Å². The second-order valence-electron chi connectivity index (χ2n) is 6.58. The Hall–Kier alpha value is -5.04. The lowest BCUT2D eigenvalue weighted by molar-refractivity contribution is -0.394. The highest BCUT2D eigenvalue weighted by molar-refractivity contribution is 5.91. The van der Waals surface area contributed by atoms with E-state index in [9.17, 15) is 25.5 Å². The molecule has 0 saturated heterocycles. The number of ether oxygens (including phenoxy) is 1. The quantitative estimate of drug-likeness (QED) is 0.251. The lowest BCUT2D eigenvalue weighted by Gasteiger charge is -2.09. The Bertz CT molecular complexity index is 1400. The first-order valence-electron chi connectivity index (χ1n) is 9.23. The van der Waals surface area contributed by atoms with E-state index < -0.39 is 21.2 Å². The Kier molecular flexibility index (Phi) is 5.29. The van der Waals surface area contributed by atoms with E-state index >= 15 is 0 Å². The third kappa shape index (κ3) is 3.99. The van der Waals surface area contributed by atoms with Gasteiger partial charge in [-0.15, -0.1) is 0 Å². The smallest absolute Gasteiger partial charge is 0.318 e. The maximum atomic E-state index is 11.4. The molecule has 10 nitrogen and oxygen atoms in total. The van der Waals surface area contributed by atoms with Gasteiger partial charge in [0.1, 0.15) is 17.6 Å². The maximum absolute atomic E-state index is 11.4. The highest BCUT2D eigenvalue weighted by atomic mass is 16.6. The van der Waals surface area contributed by atoms with Gasteiger partial charge in [-0.25, -0.2) is 4.98 Å². The normalized spacial score (nSPS) is 11.2. The van der Waals surface area contributed by atoms with Crippen molar-refractivity contribution in [2.45, 2.75) is 0 Å². The van der Waals surface area contributed by atoms with E-state index in [-0.39, 0.29) is 17.1 Å². The number of aromatic nitrogens is 2. The number of nitrogens with zero attached hydrogens (tertiary/aromatic N) is 4. The first-order valence-corrected chi connectivity index (χ1v) is 9.23. The zero-order valence-corrected chi connectivity index (χ0v) is 16.3. The monoisotopic (exact) mass is 427 g/mol. The number of para-hydroxylation sites is 3. The van der Waals surface area contributed by atoms with Crippen LogP contribution in [0.25, 0.3) is 22.7 Å². The van der Waals surface area contributed by atoms with Crippen LogP contribution in [-0.2, 0) is 0 Å². The zero-order chi connectivity index (χ0) is 22.7. The Morgan fingerprint density at radius 1 is 1.00 bits per heavy atom. The van der Waals surface area contributed by atoms with Gasteiger partial charge < -0.3 is 9.72 Å². The number of H-pyrrole nitrogens is 1. The van der Waals surface area contributed by atoms with Gasteiger partial charge >= 0.3 is 5.69 Å². The molecule has 10 heteroatoms. The lowest BCUT2D eigenvalue weighted by atomic mass is 10.1. The number of allylic oxidation sites excluding steroid dienone is 1. The fourth-order valence-corrected chi connectivity index (χ4v) is 3.05. The number of imidazole rings is 1. The van der Waals surface area contributed by atoms with Gasteiger partial charge in [0.05, 0.1) is 32.5 Å². The van der Waals surface area contributed by atoms with Crippen molar-refractivity contribution in [3.8, 4) is 17.6 Å². The minimum Gasteiger partial charge on any atom is -0.449 e. The average Bonchev–Trinajstić information content (AvgIpc) is 3.22. The number of fused-ring (bicyclic) bond motifs is 1. The van der Waals surface area contributed by atoms with Crippen LogP contribution in [0.3, 0.4) is 0 Å². The van der Waals surface area contributed by atoms with E-state index in [4.69, 9.17) is 4.74 Å². The van der Waals surface area contributed by atoms with Crippen molar-refractivity contribution in [1.29, 1.82) is 5.26 Å². The average molecular weight is 427 g/mol. The van der Waals surface area contributed by atoms with Crippen molar-refractivity contribution in [3.05, 3.63) is 98.3 Å². The number of hydrogen-bond donors (Lipinski definition) is 1. The molecular weight excluding hydrogens is 414 g/mol. The van der Waals surface area contributed by atoms with Crippen molar-refractivity contribution in [2.24, 2.45) is 0 Å². The predicted molar refractivity (Wildman–Crippen MR) is 116 cm³/mol. The number of nitrogens with one attached hydrogen (secondary N) is 1. The fourth-order valence-electron chi connectivity index (χ4n) is 3.05. The van der Waals surface area contributed by atoms with E-state index in [1.807, 2.05) is 24.3 Å². The van der Waals surface area contributed by atoms with E-state index in [1.165, 1.54) is 6.07 Å². The van der Waals surface area contributed by atoms with Crippen molar-refractivity contribution < 1.29 is 14.6 Å². The molecule has 3 aromatic carbocycles. The molecule has 156 valence electrons. The Balaban J connectivity index is 1.74. The van der Waals surface area contributed by atoms with Crippen LogP contribution in [-0.4, -0.2) is 19.8 Å². The number of nitro groups is 2. The van der Waals surface area contributed by atoms with E-state index in [0.717, 1.165) is 17.6 Å². The summed E-state index contributed by atoms with van der Waals surface area (Å²) in [7, 11) is 0. The molecule has 1 N–H and O–H groups in total. The molecule has 0 aliphatic carbocycles. The van der Waals surface area contributed by atoms with Gasteiger partial charge in [0, 0.05) is 11.6 Å². The number of rotatable bonds is 6. The second kappa shape index (κ2) is 8.37. The summed E-state index contributed by atoms with van der Waals surface area (Å²) in [6.45, 7) is 0. The molecule has 0 amide bonds. The maximum Gasteiger partial charge on any atom is 0.318 e. The molecule has 32 heavy (non-hydrogen) atoms. The molecule has 0 bridgehead atoms. The molecule has 0 atom stereocenters. The number of aromatic amines is 1. The Labute approximate surface area is 180 Å². The van der Waals surface area contributed by atoms with Crippen LogP contribution >= 0.6 is 0 Å². The molecule has 4 rings (SSSR count). The first kappa shape index (κ1) is 20.2. The van der Waals surface area contributed by atoms with Crippen LogP contribution < -0.4 is 4.74 Å². The summed E-state index contributed by atoms with van der Waals surface area (Å²) in [6.07, 6.45) is 1.55. The zero-order valence-electron chi connectivity index (χ0n) is 16.3. The van der Waals surface area contributed by atoms with E-state index in [1.54, 1.807) is 30.3 Å². The first-order chi connectivity index (χ1) is 15.5. The Morgan fingerprint density at radius 2 is 1.75 bits per heavy atom. The minimum atomic E-state index is -0.754. The molecule has 0 aliphatic heterocycles. The summed E-state index contributed by atoms with van der Waals surface area (Å²) in [4.78, 5) is 28.4. The summed E-state index contributed by atoms with van der Waals surface area (Å²) < 4.78 is 5.73. The summed E-state index contributed by atoms with van der Waals surface area (Å²) >= 11 is 0. The third-order valence-corrected chi connectivity index (χ3v) is 4.55. The van der Waals surface area contributed by atoms with Crippen molar-refractivity contribution >= 4 is 34.1 Å². The molecular formula is C22H13N5O5. The number of non-ortho nitro benzene ring substituents is 1. The van der Waals surface area contributed by atoms with Gasteiger partial charge in [-0.1, -0.05) is 30.3 Å². The molecule has 0 saturated carbocycles. The number of hydrogen-bond acceptors (Lipinski definition) is 7. The van der Waals surface area contributed by atoms with Gasteiger partial charge in [-0.2, -0.15) is 5.26 Å². The summed E-state index contributed by atoms with van der Waals surface area (Å²) in [5.74, 6) is 0.432. The Morgan fingerprint density at radius 3 is 2.47 bits per heavy atom. The summed E-state index contributed by atoms with van der Waals surface area (Å²) in [6, 6.07) is 19.2. The predicted octanol–water partition coefficient (Wildman–Crippen LogP) is 5.24. The molecule has 0 fully saturated rings. The summed E-state index contributed by atoms with van der Waals surface area (Å²) in [5, 5.41) is 32.0. The van der Waals surface area contributed by atoms with Crippen LogP contribution in [0.15, 0.2) is 66.7 Å². The van der Waals surface area contributed by atoms with Gasteiger partial charge in [0.15, 0.2) is 0 Å². The van der Waals surface area contributed by atoms with Gasteiger partial charge in [-0.3, -0.25) is 20.2 Å². The number of benzene rings is 3.